The highest BCUT2D eigenvalue weighted by Crippen LogP contribution is 2.19. The average Bonchev–Trinajstić information content (AvgIpc) is 2.30. The Morgan fingerprint density at radius 2 is 2.50 bits per heavy atom. The number of likely N-dealkylation sites (N-methyl/N-ethyl adjacent to an activating group) is 1. The lowest BCUT2D eigenvalue weighted by Gasteiger charge is -2.31. The highest BCUT2D eigenvalue weighted by molar-refractivity contribution is 5.08. The third kappa shape index (κ3) is 2.11. The van der Waals surface area contributed by atoms with Crippen molar-refractivity contribution in [2.45, 2.75) is 13.0 Å². The number of aromatic nitrogens is 1. The molecule has 1 unspecified atom stereocenters. The Kier molecular flexibility index (Phi) is 3.11. The number of nitrogens with zero attached hydrogens (tertiary/aromatic N) is 2. The third-order valence-corrected chi connectivity index (χ3v) is 2.62. The van der Waals surface area contributed by atoms with Gasteiger partial charge in [0.05, 0.1) is 12.3 Å². The second-order valence-electron chi connectivity index (χ2n) is 3.51. The van der Waals surface area contributed by atoms with E-state index in [1.54, 1.807) is 0 Å². The molecule has 0 aliphatic carbocycles. The molecule has 1 aromatic rings. The fourth-order valence-electron chi connectivity index (χ4n) is 1.74. The van der Waals surface area contributed by atoms with Gasteiger partial charge in [-0.15, -0.1) is 0 Å². The summed E-state index contributed by atoms with van der Waals surface area (Å²) in [6.07, 6.45) is 1.98. The topological polar surface area (TPSA) is 25.4 Å². The van der Waals surface area contributed by atoms with Gasteiger partial charge in [0.15, 0.2) is 0 Å². The van der Waals surface area contributed by atoms with Crippen LogP contribution in [0.25, 0.3) is 0 Å². The summed E-state index contributed by atoms with van der Waals surface area (Å²) < 4.78 is 5.69. The van der Waals surface area contributed by atoms with Crippen molar-refractivity contribution >= 4 is 0 Å². The maximum atomic E-state index is 5.69. The van der Waals surface area contributed by atoms with Gasteiger partial charge in [-0.25, -0.2) is 0 Å². The molecule has 0 spiro atoms. The van der Waals surface area contributed by atoms with Crippen LogP contribution < -0.4 is 0 Å². The molecule has 3 nitrogen and oxygen atoms in total. The van der Waals surface area contributed by atoms with Gasteiger partial charge in [-0.05, 0) is 18.7 Å². The van der Waals surface area contributed by atoms with Gasteiger partial charge >= 0.3 is 0 Å². The van der Waals surface area contributed by atoms with Crippen molar-refractivity contribution < 1.29 is 4.74 Å². The number of hydrogen-bond donors (Lipinski definition) is 0. The summed E-state index contributed by atoms with van der Waals surface area (Å²) in [7, 11) is 0. The largest absolute Gasteiger partial charge is 0.369 e. The lowest BCUT2D eigenvalue weighted by Crippen LogP contribution is -2.38. The minimum atomic E-state index is 0.157. The minimum Gasteiger partial charge on any atom is -0.369 e. The van der Waals surface area contributed by atoms with Crippen LogP contribution in [-0.4, -0.2) is 36.1 Å². The second-order valence-corrected chi connectivity index (χ2v) is 3.51. The van der Waals surface area contributed by atoms with E-state index in [2.05, 4.69) is 16.8 Å². The molecule has 1 fully saturated rings. The number of ether oxygens (including phenoxy) is 1. The van der Waals surface area contributed by atoms with E-state index in [-0.39, 0.29) is 6.10 Å². The number of hydrogen-bond acceptors (Lipinski definition) is 3. The highest BCUT2D eigenvalue weighted by atomic mass is 16.5. The van der Waals surface area contributed by atoms with Crippen LogP contribution in [0.15, 0.2) is 24.4 Å². The number of rotatable bonds is 2. The molecule has 1 aliphatic heterocycles. The Bertz CT molecular complexity index is 276. The van der Waals surface area contributed by atoms with E-state index in [1.165, 1.54) is 0 Å². The van der Waals surface area contributed by atoms with Crippen LogP contribution in [0.3, 0.4) is 0 Å². The third-order valence-electron chi connectivity index (χ3n) is 2.62. The normalized spacial score (nSPS) is 23.6. The summed E-state index contributed by atoms with van der Waals surface area (Å²) in [4.78, 5) is 6.71. The SMILES string of the molecule is CCN1CCOC(c2ccccn2)C1. The van der Waals surface area contributed by atoms with Gasteiger partial charge in [0.2, 0.25) is 0 Å². The summed E-state index contributed by atoms with van der Waals surface area (Å²) in [5.41, 5.74) is 1.05. The maximum absolute atomic E-state index is 5.69. The van der Waals surface area contributed by atoms with Gasteiger partial charge in [-0.2, -0.15) is 0 Å². The molecular weight excluding hydrogens is 176 g/mol. The molecule has 0 bridgehead atoms. The smallest absolute Gasteiger partial charge is 0.112 e. The molecule has 1 aromatic heterocycles. The predicted octanol–water partition coefficient (Wildman–Crippen LogP) is 1.47. The van der Waals surface area contributed by atoms with Crippen molar-refractivity contribution in [3.05, 3.63) is 30.1 Å². The van der Waals surface area contributed by atoms with Crippen LogP contribution >= 0.6 is 0 Å². The van der Waals surface area contributed by atoms with Crippen molar-refractivity contribution in [2.75, 3.05) is 26.2 Å². The summed E-state index contributed by atoms with van der Waals surface area (Å²) >= 11 is 0. The van der Waals surface area contributed by atoms with Gasteiger partial charge in [-0.3, -0.25) is 9.88 Å². The van der Waals surface area contributed by atoms with Gasteiger partial charge in [0.1, 0.15) is 6.10 Å². The van der Waals surface area contributed by atoms with Crippen LogP contribution in [0.1, 0.15) is 18.7 Å². The van der Waals surface area contributed by atoms with Crippen LogP contribution in [0, 0.1) is 0 Å². The van der Waals surface area contributed by atoms with Crippen LogP contribution in [0.4, 0.5) is 0 Å². The average molecular weight is 192 g/mol. The second kappa shape index (κ2) is 4.53. The van der Waals surface area contributed by atoms with E-state index in [0.29, 0.717) is 0 Å². The molecule has 14 heavy (non-hydrogen) atoms. The Balaban J connectivity index is 2.04. The fourth-order valence-corrected chi connectivity index (χ4v) is 1.74. The molecule has 1 atom stereocenters. The first kappa shape index (κ1) is 9.62. The van der Waals surface area contributed by atoms with Crippen molar-refractivity contribution in [2.24, 2.45) is 0 Å². The molecule has 2 heterocycles. The Labute approximate surface area is 84.7 Å². The first-order valence-corrected chi connectivity index (χ1v) is 5.15. The molecule has 0 N–H and O–H groups in total. The zero-order chi connectivity index (χ0) is 9.80. The summed E-state index contributed by atoms with van der Waals surface area (Å²) in [6, 6.07) is 5.98. The zero-order valence-corrected chi connectivity index (χ0v) is 8.52. The monoisotopic (exact) mass is 192 g/mol. The first-order valence-electron chi connectivity index (χ1n) is 5.15. The van der Waals surface area contributed by atoms with E-state index in [9.17, 15) is 0 Å². The zero-order valence-electron chi connectivity index (χ0n) is 8.52. The molecule has 2 rings (SSSR count). The van der Waals surface area contributed by atoms with E-state index in [1.807, 2.05) is 24.4 Å². The Hall–Kier alpha value is -0.930. The van der Waals surface area contributed by atoms with Gasteiger partial charge in [0, 0.05) is 19.3 Å². The molecule has 0 amide bonds. The molecule has 1 saturated heterocycles. The highest BCUT2D eigenvalue weighted by Gasteiger charge is 2.21. The van der Waals surface area contributed by atoms with E-state index >= 15 is 0 Å². The van der Waals surface area contributed by atoms with Crippen molar-refractivity contribution in [1.29, 1.82) is 0 Å². The van der Waals surface area contributed by atoms with Crippen LogP contribution in [0.5, 0.6) is 0 Å². The van der Waals surface area contributed by atoms with Gasteiger partial charge in [-0.1, -0.05) is 13.0 Å². The molecule has 3 heteroatoms. The quantitative estimate of drug-likeness (QED) is 0.709. The molecule has 0 aromatic carbocycles. The number of morpholine rings is 1. The first-order chi connectivity index (χ1) is 6.90. The maximum Gasteiger partial charge on any atom is 0.112 e. The summed E-state index contributed by atoms with van der Waals surface area (Å²) in [6.45, 7) is 6.09. The Morgan fingerprint density at radius 3 is 3.21 bits per heavy atom. The predicted molar refractivity (Wildman–Crippen MR) is 55.0 cm³/mol. The molecule has 76 valence electrons. The van der Waals surface area contributed by atoms with Gasteiger partial charge < -0.3 is 4.74 Å². The van der Waals surface area contributed by atoms with E-state index in [4.69, 9.17) is 4.74 Å². The lowest BCUT2D eigenvalue weighted by atomic mass is 10.2. The van der Waals surface area contributed by atoms with Crippen molar-refractivity contribution in [3.8, 4) is 0 Å². The Morgan fingerprint density at radius 1 is 1.57 bits per heavy atom. The van der Waals surface area contributed by atoms with Crippen LogP contribution in [-0.2, 0) is 4.74 Å². The summed E-state index contributed by atoms with van der Waals surface area (Å²) in [5.74, 6) is 0. The van der Waals surface area contributed by atoms with Gasteiger partial charge in [0.25, 0.3) is 0 Å². The van der Waals surface area contributed by atoms with E-state index < -0.39 is 0 Å². The molecule has 0 saturated carbocycles. The lowest BCUT2D eigenvalue weighted by molar-refractivity contribution is -0.0302. The number of pyridine rings is 1. The summed E-state index contributed by atoms with van der Waals surface area (Å²) in [5, 5.41) is 0. The molecule has 1 aliphatic rings. The fraction of sp³-hybridized carbons (Fsp3) is 0.545. The molecular formula is C11H16N2O. The van der Waals surface area contributed by atoms with Crippen LogP contribution in [0.2, 0.25) is 0 Å². The van der Waals surface area contributed by atoms with E-state index in [0.717, 1.165) is 31.9 Å². The molecule has 0 radical (unpaired) electrons. The van der Waals surface area contributed by atoms with Crippen molar-refractivity contribution in [3.63, 3.8) is 0 Å². The standard InChI is InChI=1S/C11H16N2O/c1-2-13-7-8-14-11(9-13)10-5-3-4-6-12-10/h3-6,11H,2,7-9H2,1H3. The van der Waals surface area contributed by atoms with Crippen molar-refractivity contribution in [1.82, 2.24) is 9.88 Å². The minimum absolute atomic E-state index is 0.157.